The number of halogens is 1. The second kappa shape index (κ2) is 8.66. The number of carbonyl (C=O) groups is 2. The van der Waals surface area contributed by atoms with Crippen LogP contribution in [-0.2, 0) is 4.74 Å². The number of ketones is 1. The molecule has 31 heavy (non-hydrogen) atoms. The highest BCUT2D eigenvalue weighted by Crippen LogP contribution is 2.41. The van der Waals surface area contributed by atoms with E-state index < -0.39 is 5.97 Å². The highest BCUT2D eigenvalue weighted by Gasteiger charge is 2.31. The quantitative estimate of drug-likeness (QED) is 0.313. The molecule has 0 radical (unpaired) electrons. The largest absolute Gasteiger partial charge is 0.462 e. The molecule has 9 heteroatoms. The van der Waals surface area contributed by atoms with Gasteiger partial charge in [0.15, 0.2) is 16.8 Å². The molecule has 1 saturated carbocycles. The number of aryl methyl sites for hydroxylation is 1. The summed E-state index contributed by atoms with van der Waals surface area (Å²) >= 11 is 1.26. The molecule has 0 atom stereocenters. The van der Waals surface area contributed by atoms with Gasteiger partial charge in [-0.15, -0.1) is 10.2 Å². The number of hydrogen-bond donors (Lipinski definition) is 1. The van der Waals surface area contributed by atoms with Crippen molar-refractivity contribution in [2.24, 2.45) is 0 Å². The van der Waals surface area contributed by atoms with Gasteiger partial charge in [-0.25, -0.2) is 9.18 Å². The third-order valence-corrected chi connectivity index (χ3v) is 6.16. The fourth-order valence-corrected chi connectivity index (χ4v) is 4.48. The lowest BCUT2D eigenvalue weighted by molar-refractivity contribution is 0.0525. The van der Waals surface area contributed by atoms with E-state index in [1.165, 1.54) is 17.8 Å². The monoisotopic (exact) mass is 442 g/mol. The highest BCUT2D eigenvalue weighted by atomic mass is 32.2. The first kappa shape index (κ1) is 21.3. The molecular formula is C22H23FN4O3S. The van der Waals surface area contributed by atoms with Gasteiger partial charge in [-0.2, -0.15) is 0 Å². The lowest BCUT2D eigenvalue weighted by Gasteiger charge is -2.09. The van der Waals surface area contributed by atoms with Gasteiger partial charge in [-0.1, -0.05) is 23.9 Å². The Bertz CT molecular complexity index is 1150. The molecule has 1 aliphatic rings. The van der Waals surface area contributed by atoms with Crippen LogP contribution in [0, 0.1) is 19.7 Å². The summed E-state index contributed by atoms with van der Waals surface area (Å²) in [5.74, 6) is -0.353. The molecule has 0 bridgehead atoms. The van der Waals surface area contributed by atoms with Crippen molar-refractivity contribution in [2.75, 3.05) is 12.4 Å². The van der Waals surface area contributed by atoms with E-state index in [1.807, 2.05) is 4.57 Å². The lowest BCUT2D eigenvalue weighted by Crippen LogP contribution is -2.09. The van der Waals surface area contributed by atoms with Gasteiger partial charge in [0.05, 0.1) is 29.2 Å². The molecule has 3 aromatic rings. The summed E-state index contributed by atoms with van der Waals surface area (Å²) in [5.41, 5.74) is 2.37. The molecule has 162 valence electrons. The topological polar surface area (TPSA) is 89.9 Å². The maximum absolute atomic E-state index is 14.3. The number of aromatic amines is 1. The lowest BCUT2D eigenvalue weighted by atomic mass is 10.1. The number of rotatable bonds is 8. The van der Waals surface area contributed by atoms with Gasteiger partial charge < -0.3 is 9.72 Å². The minimum Gasteiger partial charge on any atom is -0.462 e. The SMILES string of the molecule is CCOC(=O)c1c(C)[nH]c(C(=O)CSc2nnc(-c3ccccc3F)n2C2CC2)c1C. The Morgan fingerprint density at radius 1 is 1.26 bits per heavy atom. The molecule has 2 heterocycles. The van der Waals surface area contributed by atoms with E-state index in [1.54, 1.807) is 39.0 Å². The molecule has 0 saturated heterocycles. The summed E-state index contributed by atoms with van der Waals surface area (Å²) in [6, 6.07) is 6.69. The third-order valence-electron chi connectivity index (χ3n) is 5.22. The van der Waals surface area contributed by atoms with Crippen molar-refractivity contribution in [1.29, 1.82) is 0 Å². The Morgan fingerprint density at radius 2 is 2.00 bits per heavy atom. The number of benzene rings is 1. The van der Waals surface area contributed by atoms with E-state index >= 15 is 0 Å². The van der Waals surface area contributed by atoms with Crippen LogP contribution in [0.25, 0.3) is 11.4 Å². The fourth-order valence-electron chi connectivity index (χ4n) is 3.60. The molecule has 0 amide bonds. The molecule has 0 unspecified atom stereocenters. The zero-order valence-electron chi connectivity index (χ0n) is 17.6. The van der Waals surface area contributed by atoms with Crippen molar-refractivity contribution in [3.05, 3.63) is 52.6 Å². The van der Waals surface area contributed by atoms with Gasteiger partial charge in [0.25, 0.3) is 0 Å². The Morgan fingerprint density at radius 3 is 2.68 bits per heavy atom. The number of aromatic nitrogens is 4. The van der Waals surface area contributed by atoms with Crippen molar-refractivity contribution < 1.29 is 18.7 Å². The first-order valence-electron chi connectivity index (χ1n) is 10.1. The average Bonchev–Trinajstić information content (AvgIpc) is 3.42. The van der Waals surface area contributed by atoms with Gasteiger partial charge in [-0.3, -0.25) is 9.36 Å². The maximum atomic E-state index is 14.3. The Kier molecular flexibility index (Phi) is 5.95. The first-order valence-corrected chi connectivity index (χ1v) is 11.1. The Balaban J connectivity index is 1.56. The van der Waals surface area contributed by atoms with E-state index in [0.29, 0.717) is 39.1 Å². The Hall–Kier alpha value is -2.94. The van der Waals surface area contributed by atoms with Crippen LogP contribution < -0.4 is 0 Å². The predicted octanol–water partition coefficient (Wildman–Crippen LogP) is 4.52. The van der Waals surface area contributed by atoms with Crippen LogP contribution in [0.1, 0.15) is 57.9 Å². The molecule has 1 aromatic carbocycles. The smallest absolute Gasteiger partial charge is 0.340 e. The normalized spacial score (nSPS) is 13.4. The molecule has 0 spiro atoms. The van der Waals surface area contributed by atoms with Gasteiger partial charge in [0.2, 0.25) is 0 Å². The minimum atomic E-state index is -0.441. The van der Waals surface area contributed by atoms with Crippen molar-refractivity contribution in [3.63, 3.8) is 0 Å². The van der Waals surface area contributed by atoms with Crippen LogP contribution in [0.2, 0.25) is 0 Å². The minimum absolute atomic E-state index is 0.116. The van der Waals surface area contributed by atoms with Gasteiger partial charge in [-0.05, 0) is 51.3 Å². The fraction of sp³-hybridized carbons (Fsp3) is 0.364. The number of nitrogens with one attached hydrogen (secondary N) is 1. The number of thioether (sulfide) groups is 1. The van der Waals surface area contributed by atoms with Gasteiger partial charge in [0, 0.05) is 11.7 Å². The molecule has 2 aromatic heterocycles. The summed E-state index contributed by atoms with van der Waals surface area (Å²) in [4.78, 5) is 28.1. The van der Waals surface area contributed by atoms with Crippen molar-refractivity contribution in [3.8, 4) is 11.4 Å². The van der Waals surface area contributed by atoms with Crippen LogP contribution in [0.15, 0.2) is 29.4 Å². The van der Waals surface area contributed by atoms with Crippen molar-refractivity contribution >= 4 is 23.5 Å². The summed E-state index contributed by atoms with van der Waals surface area (Å²) in [6.45, 7) is 5.48. The van der Waals surface area contributed by atoms with Crippen LogP contribution in [0.4, 0.5) is 4.39 Å². The average molecular weight is 443 g/mol. The second-order valence-corrected chi connectivity index (χ2v) is 8.39. The van der Waals surface area contributed by atoms with E-state index in [0.717, 1.165) is 12.8 Å². The second-order valence-electron chi connectivity index (χ2n) is 7.44. The van der Waals surface area contributed by atoms with Crippen molar-refractivity contribution in [1.82, 2.24) is 19.7 Å². The molecule has 1 aliphatic carbocycles. The van der Waals surface area contributed by atoms with Gasteiger partial charge >= 0.3 is 5.97 Å². The van der Waals surface area contributed by atoms with Crippen molar-refractivity contribution in [2.45, 2.75) is 44.8 Å². The van der Waals surface area contributed by atoms with Crippen LogP contribution in [0.5, 0.6) is 0 Å². The predicted molar refractivity (Wildman–Crippen MR) is 115 cm³/mol. The summed E-state index contributed by atoms with van der Waals surface area (Å²) in [5, 5.41) is 9.03. The number of H-pyrrole nitrogens is 1. The van der Waals surface area contributed by atoms with E-state index in [9.17, 15) is 14.0 Å². The van der Waals surface area contributed by atoms with Gasteiger partial charge in [0.1, 0.15) is 5.82 Å². The van der Waals surface area contributed by atoms with E-state index in [2.05, 4.69) is 15.2 Å². The first-order chi connectivity index (χ1) is 14.9. The molecule has 1 fully saturated rings. The van der Waals surface area contributed by atoms with Crippen LogP contribution in [-0.4, -0.2) is 43.9 Å². The molecule has 4 rings (SSSR count). The number of esters is 1. The summed E-state index contributed by atoms with van der Waals surface area (Å²) < 4.78 is 21.3. The molecule has 1 N–H and O–H groups in total. The number of ether oxygens (including phenoxy) is 1. The number of nitrogens with zero attached hydrogens (tertiary/aromatic N) is 3. The molecule has 7 nitrogen and oxygen atoms in total. The molecular weight excluding hydrogens is 419 g/mol. The Labute approximate surface area is 183 Å². The number of carbonyl (C=O) groups excluding carboxylic acids is 2. The highest BCUT2D eigenvalue weighted by molar-refractivity contribution is 7.99. The third kappa shape index (κ3) is 4.14. The zero-order valence-corrected chi connectivity index (χ0v) is 18.4. The van der Waals surface area contributed by atoms with E-state index in [4.69, 9.17) is 4.74 Å². The standard InChI is InChI=1S/C22H23FN4O3S/c1-4-30-21(29)18-12(2)19(24-13(18)3)17(28)11-31-22-26-25-20(27(22)14-9-10-14)15-7-5-6-8-16(15)23/h5-8,14,24H,4,9-11H2,1-3H3. The summed E-state index contributed by atoms with van der Waals surface area (Å²) in [6.07, 6.45) is 1.94. The van der Waals surface area contributed by atoms with E-state index in [-0.39, 0.29) is 30.0 Å². The number of hydrogen-bond acceptors (Lipinski definition) is 6. The molecule has 0 aliphatic heterocycles. The van der Waals surface area contributed by atoms with Crippen LogP contribution in [0.3, 0.4) is 0 Å². The zero-order chi connectivity index (χ0) is 22.1. The van der Waals surface area contributed by atoms with Crippen LogP contribution >= 0.6 is 11.8 Å². The summed E-state index contributed by atoms with van der Waals surface area (Å²) in [7, 11) is 0. The number of Topliss-reactive ketones (excluding diaryl/α,β-unsaturated/α-hetero) is 1. The maximum Gasteiger partial charge on any atom is 0.340 e.